The number of ether oxygens (including phenoxy) is 1. The lowest BCUT2D eigenvalue weighted by Crippen LogP contribution is -2.29. The van der Waals surface area contributed by atoms with Gasteiger partial charge in [-0.3, -0.25) is 18.8 Å². The summed E-state index contributed by atoms with van der Waals surface area (Å²) < 4.78 is 8.43. The molecule has 7 heteroatoms. The van der Waals surface area contributed by atoms with Crippen molar-refractivity contribution >= 4 is 11.7 Å². The average molecular weight is 352 g/mol. The number of carbonyl (C=O) groups excluding carboxylic acids is 1. The standard InChI is InChI=1S/C19H20N4O3/c1-4-22-11-10-16(21-22)20-18(24)17-13(2)9-12-23(19(17)25)14-7-5-6-8-15(14)26-3/h5-12H,4H2,1-3H3,(H,20,21,24). The van der Waals surface area contributed by atoms with Crippen molar-refractivity contribution in [3.63, 3.8) is 0 Å². The highest BCUT2D eigenvalue weighted by Crippen LogP contribution is 2.21. The van der Waals surface area contributed by atoms with E-state index in [1.54, 1.807) is 54.3 Å². The Bertz CT molecular complexity index is 1000. The molecule has 0 saturated heterocycles. The van der Waals surface area contributed by atoms with Crippen molar-refractivity contribution in [1.29, 1.82) is 0 Å². The van der Waals surface area contributed by atoms with Gasteiger partial charge in [0, 0.05) is 25.0 Å². The van der Waals surface area contributed by atoms with Crippen molar-refractivity contribution in [3.05, 3.63) is 70.3 Å². The van der Waals surface area contributed by atoms with Crippen LogP contribution in [0.1, 0.15) is 22.8 Å². The van der Waals surface area contributed by atoms with Gasteiger partial charge in [0.1, 0.15) is 11.3 Å². The third kappa shape index (κ3) is 3.23. The smallest absolute Gasteiger partial charge is 0.268 e. The second-order valence-corrected chi connectivity index (χ2v) is 5.73. The highest BCUT2D eigenvalue weighted by molar-refractivity contribution is 6.04. The maximum Gasteiger partial charge on any atom is 0.268 e. The van der Waals surface area contributed by atoms with Crippen LogP contribution < -0.4 is 15.6 Å². The summed E-state index contributed by atoms with van der Waals surface area (Å²) in [5, 5.41) is 6.90. The molecule has 0 aliphatic heterocycles. The predicted molar refractivity (Wildman–Crippen MR) is 99.2 cm³/mol. The van der Waals surface area contributed by atoms with Crippen molar-refractivity contribution in [2.45, 2.75) is 20.4 Å². The molecule has 0 spiro atoms. The maximum absolute atomic E-state index is 13.0. The van der Waals surface area contributed by atoms with Gasteiger partial charge in [-0.15, -0.1) is 0 Å². The number of benzene rings is 1. The number of anilines is 1. The number of para-hydroxylation sites is 2. The number of pyridine rings is 1. The van der Waals surface area contributed by atoms with E-state index >= 15 is 0 Å². The van der Waals surface area contributed by atoms with E-state index in [1.165, 1.54) is 11.7 Å². The van der Waals surface area contributed by atoms with Gasteiger partial charge >= 0.3 is 0 Å². The predicted octanol–water partition coefficient (Wildman–Crippen LogP) is 2.62. The van der Waals surface area contributed by atoms with Crippen molar-refractivity contribution in [2.75, 3.05) is 12.4 Å². The van der Waals surface area contributed by atoms with Gasteiger partial charge < -0.3 is 10.1 Å². The molecule has 134 valence electrons. The van der Waals surface area contributed by atoms with E-state index in [-0.39, 0.29) is 5.56 Å². The molecule has 0 saturated carbocycles. The minimum atomic E-state index is -0.488. The second kappa shape index (κ2) is 7.26. The van der Waals surface area contributed by atoms with Crippen LogP contribution in [0.4, 0.5) is 5.82 Å². The largest absolute Gasteiger partial charge is 0.495 e. The maximum atomic E-state index is 13.0. The fraction of sp³-hybridized carbons (Fsp3) is 0.211. The van der Waals surface area contributed by atoms with Gasteiger partial charge in [0.15, 0.2) is 5.82 Å². The van der Waals surface area contributed by atoms with Gasteiger partial charge in [-0.25, -0.2) is 0 Å². The molecule has 0 fully saturated rings. The summed E-state index contributed by atoms with van der Waals surface area (Å²) in [5.74, 6) is 0.466. The number of amides is 1. The Morgan fingerprint density at radius 3 is 2.65 bits per heavy atom. The Morgan fingerprint density at radius 1 is 1.19 bits per heavy atom. The topological polar surface area (TPSA) is 78.1 Å². The molecule has 0 bridgehead atoms. The van der Waals surface area contributed by atoms with Crippen LogP contribution in [0.15, 0.2) is 53.6 Å². The van der Waals surface area contributed by atoms with Gasteiger partial charge in [-0.05, 0) is 37.6 Å². The molecular weight excluding hydrogens is 332 g/mol. The van der Waals surface area contributed by atoms with E-state index in [2.05, 4.69) is 10.4 Å². The van der Waals surface area contributed by atoms with E-state index in [4.69, 9.17) is 4.74 Å². The van der Waals surface area contributed by atoms with Crippen LogP contribution in [0.25, 0.3) is 5.69 Å². The molecule has 0 aliphatic carbocycles. The molecule has 7 nitrogen and oxygen atoms in total. The minimum Gasteiger partial charge on any atom is -0.495 e. The lowest BCUT2D eigenvalue weighted by Gasteiger charge is -2.13. The summed E-state index contributed by atoms with van der Waals surface area (Å²) in [6, 6.07) is 10.6. The molecule has 1 N–H and O–H groups in total. The monoisotopic (exact) mass is 352 g/mol. The lowest BCUT2D eigenvalue weighted by molar-refractivity contribution is 0.102. The molecule has 26 heavy (non-hydrogen) atoms. The molecule has 3 rings (SSSR count). The quantitative estimate of drug-likeness (QED) is 0.766. The van der Waals surface area contributed by atoms with E-state index in [1.807, 2.05) is 13.0 Å². The fourth-order valence-corrected chi connectivity index (χ4v) is 2.70. The van der Waals surface area contributed by atoms with Crippen LogP contribution >= 0.6 is 0 Å². The molecule has 2 aromatic heterocycles. The number of rotatable bonds is 5. The molecule has 2 heterocycles. The zero-order chi connectivity index (χ0) is 18.7. The Hall–Kier alpha value is -3.35. The number of hydrogen-bond donors (Lipinski definition) is 1. The van der Waals surface area contributed by atoms with Gasteiger partial charge in [-0.1, -0.05) is 12.1 Å². The Balaban J connectivity index is 2.02. The number of carbonyl (C=O) groups is 1. The summed E-state index contributed by atoms with van der Waals surface area (Å²) in [5.41, 5.74) is 0.823. The van der Waals surface area contributed by atoms with Crippen LogP contribution in [0, 0.1) is 6.92 Å². The number of aryl methyl sites for hydroxylation is 2. The number of methoxy groups -OCH3 is 1. The highest BCUT2D eigenvalue weighted by Gasteiger charge is 2.18. The van der Waals surface area contributed by atoms with E-state index in [9.17, 15) is 9.59 Å². The third-order valence-corrected chi connectivity index (χ3v) is 4.08. The third-order valence-electron chi connectivity index (χ3n) is 4.08. The van der Waals surface area contributed by atoms with Crippen molar-refractivity contribution in [2.24, 2.45) is 0 Å². The normalized spacial score (nSPS) is 10.6. The number of nitrogens with zero attached hydrogens (tertiary/aromatic N) is 3. The summed E-state index contributed by atoms with van der Waals surface area (Å²) in [6.45, 7) is 4.38. The molecule has 0 radical (unpaired) electrons. The van der Waals surface area contributed by atoms with Crippen molar-refractivity contribution < 1.29 is 9.53 Å². The van der Waals surface area contributed by atoms with Crippen LogP contribution in [-0.2, 0) is 6.54 Å². The molecular formula is C19H20N4O3. The zero-order valence-electron chi connectivity index (χ0n) is 14.9. The summed E-state index contributed by atoms with van der Waals surface area (Å²) in [7, 11) is 1.54. The van der Waals surface area contributed by atoms with Crippen LogP contribution in [-0.4, -0.2) is 27.4 Å². The number of nitrogens with one attached hydrogen (secondary N) is 1. The first-order chi connectivity index (χ1) is 12.5. The zero-order valence-corrected chi connectivity index (χ0v) is 14.9. The first-order valence-corrected chi connectivity index (χ1v) is 8.25. The van der Waals surface area contributed by atoms with Gasteiger partial charge in [0.05, 0.1) is 12.8 Å². The van der Waals surface area contributed by atoms with E-state index in [0.717, 1.165) is 0 Å². The van der Waals surface area contributed by atoms with E-state index in [0.29, 0.717) is 29.4 Å². The molecule has 0 aliphatic rings. The SMILES string of the molecule is CCn1ccc(NC(=O)c2c(C)ccn(-c3ccccc3OC)c2=O)n1. The molecule has 1 aromatic carbocycles. The number of hydrogen-bond acceptors (Lipinski definition) is 4. The Kier molecular flexibility index (Phi) is 4.88. The summed E-state index contributed by atoms with van der Waals surface area (Å²) >= 11 is 0. The first-order valence-electron chi connectivity index (χ1n) is 8.25. The Morgan fingerprint density at radius 2 is 1.96 bits per heavy atom. The minimum absolute atomic E-state index is 0.0736. The van der Waals surface area contributed by atoms with Crippen molar-refractivity contribution in [1.82, 2.24) is 14.3 Å². The summed E-state index contributed by atoms with van der Waals surface area (Å²) in [4.78, 5) is 25.7. The van der Waals surface area contributed by atoms with Gasteiger partial charge in [0.2, 0.25) is 0 Å². The fourth-order valence-electron chi connectivity index (χ4n) is 2.70. The lowest BCUT2D eigenvalue weighted by atomic mass is 10.1. The molecule has 0 atom stereocenters. The molecule has 1 amide bonds. The van der Waals surface area contributed by atoms with Gasteiger partial charge in [-0.2, -0.15) is 5.10 Å². The van der Waals surface area contributed by atoms with Crippen molar-refractivity contribution in [3.8, 4) is 11.4 Å². The second-order valence-electron chi connectivity index (χ2n) is 5.73. The van der Waals surface area contributed by atoms with Crippen LogP contribution in [0.5, 0.6) is 5.75 Å². The molecule has 0 unspecified atom stereocenters. The number of aromatic nitrogens is 3. The highest BCUT2D eigenvalue weighted by atomic mass is 16.5. The average Bonchev–Trinajstić information content (AvgIpc) is 3.09. The van der Waals surface area contributed by atoms with Crippen LogP contribution in [0.3, 0.4) is 0 Å². The van der Waals surface area contributed by atoms with E-state index < -0.39 is 11.5 Å². The Labute approximate surface area is 150 Å². The van der Waals surface area contributed by atoms with Gasteiger partial charge in [0.25, 0.3) is 11.5 Å². The first kappa shape index (κ1) is 17.5. The molecule has 3 aromatic rings. The van der Waals surface area contributed by atoms with Crippen LogP contribution in [0.2, 0.25) is 0 Å². The summed E-state index contributed by atoms with van der Waals surface area (Å²) in [6.07, 6.45) is 3.40.